The lowest BCUT2D eigenvalue weighted by atomic mass is 9.80. The van der Waals surface area contributed by atoms with Crippen LogP contribution in [0.4, 0.5) is 0 Å². The number of nitrogens with zero attached hydrogens (tertiary/aromatic N) is 1. The van der Waals surface area contributed by atoms with Crippen LogP contribution < -0.4 is 5.73 Å². The zero-order valence-electron chi connectivity index (χ0n) is 10.8. The summed E-state index contributed by atoms with van der Waals surface area (Å²) >= 11 is 0. The van der Waals surface area contributed by atoms with Crippen LogP contribution in [0.1, 0.15) is 51.4 Å². The lowest BCUT2D eigenvalue weighted by Crippen LogP contribution is -2.56. The predicted molar refractivity (Wildman–Crippen MR) is 72.2 cm³/mol. The smallest absolute Gasteiger partial charge is 0.242 e. The highest BCUT2D eigenvalue weighted by Gasteiger charge is 2.37. The minimum Gasteiger partial charge on any atom is -0.344 e. The second-order valence-electron chi connectivity index (χ2n) is 5.70. The topological polar surface area (TPSA) is 46.3 Å². The maximum Gasteiger partial charge on any atom is 0.242 e. The Morgan fingerprint density at radius 2 is 1.82 bits per heavy atom. The standard InChI is InChI=1S/C13H24N2O.ClH/c1-15(10-11-6-5-7-11)12(16)13(14)8-3-2-4-9-13;/h11H,2-10,14H2,1H3;1H. The third kappa shape index (κ3) is 3.35. The average Bonchev–Trinajstić information content (AvgIpc) is 2.23. The molecule has 2 aliphatic rings. The normalized spacial score (nSPS) is 23.4. The van der Waals surface area contributed by atoms with Gasteiger partial charge in [-0.15, -0.1) is 12.4 Å². The molecular weight excluding hydrogens is 236 g/mol. The van der Waals surface area contributed by atoms with E-state index in [4.69, 9.17) is 5.73 Å². The molecule has 0 saturated heterocycles. The summed E-state index contributed by atoms with van der Waals surface area (Å²) in [4.78, 5) is 14.2. The van der Waals surface area contributed by atoms with Gasteiger partial charge in [0.15, 0.2) is 0 Å². The molecular formula is C13H25ClN2O. The predicted octanol–water partition coefficient (Wildman–Crippen LogP) is 2.33. The van der Waals surface area contributed by atoms with Crippen molar-refractivity contribution in [2.24, 2.45) is 11.7 Å². The Morgan fingerprint density at radius 1 is 1.24 bits per heavy atom. The van der Waals surface area contributed by atoms with Gasteiger partial charge in [0.1, 0.15) is 0 Å². The second kappa shape index (κ2) is 6.05. The Labute approximate surface area is 111 Å². The van der Waals surface area contributed by atoms with Crippen molar-refractivity contribution in [1.29, 1.82) is 0 Å². The van der Waals surface area contributed by atoms with Gasteiger partial charge in [0, 0.05) is 13.6 Å². The maximum atomic E-state index is 12.3. The van der Waals surface area contributed by atoms with E-state index < -0.39 is 5.54 Å². The third-order valence-corrected chi connectivity index (χ3v) is 4.28. The van der Waals surface area contributed by atoms with E-state index in [0.29, 0.717) is 0 Å². The van der Waals surface area contributed by atoms with Crippen LogP contribution in [0.2, 0.25) is 0 Å². The number of hydrogen-bond acceptors (Lipinski definition) is 2. The average molecular weight is 261 g/mol. The van der Waals surface area contributed by atoms with E-state index in [1.54, 1.807) is 0 Å². The molecule has 0 aromatic carbocycles. The zero-order valence-corrected chi connectivity index (χ0v) is 11.6. The lowest BCUT2D eigenvalue weighted by Gasteiger charge is -2.38. The number of likely N-dealkylation sites (N-methyl/N-ethyl adjacent to an activating group) is 1. The van der Waals surface area contributed by atoms with Gasteiger partial charge in [-0.05, 0) is 31.6 Å². The van der Waals surface area contributed by atoms with Crippen molar-refractivity contribution in [3.63, 3.8) is 0 Å². The fourth-order valence-electron chi connectivity index (χ4n) is 2.92. The summed E-state index contributed by atoms with van der Waals surface area (Å²) in [5.41, 5.74) is 5.70. The molecule has 3 nitrogen and oxygen atoms in total. The van der Waals surface area contributed by atoms with Crippen LogP contribution in [0.25, 0.3) is 0 Å². The first kappa shape index (κ1) is 14.8. The highest BCUT2D eigenvalue weighted by atomic mass is 35.5. The molecule has 0 bridgehead atoms. The summed E-state index contributed by atoms with van der Waals surface area (Å²) in [6, 6.07) is 0. The van der Waals surface area contributed by atoms with Crippen LogP contribution in [0.3, 0.4) is 0 Å². The molecule has 0 heterocycles. The summed E-state index contributed by atoms with van der Waals surface area (Å²) in [6.07, 6.45) is 9.12. The highest BCUT2D eigenvalue weighted by Crippen LogP contribution is 2.30. The van der Waals surface area contributed by atoms with Gasteiger partial charge in [0.25, 0.3) is 0 Å². The number of hydrogen-bond donors (Lipinski definition) is 1. The van der Waals surface area contributed by atoms with E-state index in [1.165, 1.54) is 25.7 Å². The first-order valence-electron chi connectivity index (χ1n) is 6.66. The molecule has 0 unspecified atom stereocenters. The highest BCUT2D eigenvalue weighted by molar-refractivity contribution is 5.86. The molecule has 0 spiro atoms. The molecule has 2 saturated carbocycles. The Hall–Kier alpha value is -0.280. The monoisotopic (exact) mass is 260 g/mol. The van der Waals surface area contributed by atoms with E-state index in [1.807, 2.05) is 11.9 Å². The van der Waals surface area contributed by atoms with Gasteiger partial charge in [0.05, 0.1) is 5.54 Å². The summed E-state index contributed by atoms with van der Waals surface area (Å²) in [6.45, 7) is 0.914. The van der Waals surface area contributed by atoms with Crippen molar-refractivity contribution < 1.29 is 4.79 Å². The minimum atomic E-state index is -0.545. The molecule has 0 aliphatic heterocycles. The van der Waals surface area contributed by atoms with Crippen LogP contribution in [0.15, 0.2) is 0 Å². The molecule has 0 radical (unpaired) electrons. The summed E-state index contributed by atoms with van der Waals surface area (Å²) in [5.74, 6) is 0.917. The quantitative estimate of drug-likeness (QED) is 0.847. The van der Waals surface area contributed by atoms with Gasteiger partial charge in [-0.1, -0.05) is 25.7 Å². The van der Waals surface area contributed by atoms with Crippen molar-refractivity contribution in [3.05, 3.63) is 0 Å². The molecule has 100 valence electrons. The molecule has 4 heteroatoms. The van der Waals surface area contributed by atoms with E-state index in [0.717, 1.165) is 38.1 Å². The lowest BCUT2D eigenvalue weighted by molar-refractivity contribution is -0.137. The molecule has 1 amide bonds. The van der Waals surface area contributed by atoms with E-state index in [9.17, 15) is 4.79 Å². The fraction of sp³-hybridized carbons (Fsp3) is 0.923. The molecule has 2 N–H and O–H groups in total. The van der Waals surface area contributed by atoms with Crippen molar-refractivity contribution in [2.75, 3.05) is 13.6 Å². The van der Waals surface area contributed by atoms with Crippen molar-refractivity contribution in [1.82, 2.24) is 4.90 Å². The number of amides is 1. The number of carbonyl (C=O) groups excluding carboxylic acids is 1. The Morgan fingerprint density at radius 3 is 2.29 bits per heavy atom. The van der Waals surface area contributed by atoms with Gasteiger partial charge in [-0.3, -0.25) is 4.79 Å². The molecule has 17 heavy (non-hydrogen) atoms. The van der Waals surface area contributed by atoms with Gasteiger partial charge < -0.3 is 10.6 Å². The largest absolute Gasteiger partial charge is 0.344 e. The van der Waals surface area contributed by atoms with Crippen molar-refractivity contribution in [3.8, 4) is 0 Å². The van der Waals surface area contributed by atoms with Gasteiger partial charge >= 0.3 is 0 Å². The van der Waals surface area contributed by atoms with Crippen molar-refractivity contribution >= 4 is 18.3 Å². The van der Waals surface area contributed by atoms with E-state index >= 15 is 0 Å². The van der Waals surface area contributed by atoms with Crippen LogP contribution in [0, 0.1) is 5.92 Å². The number of rotatable bonds is 3. The van der Waals surface area contributed by atoms with Crippen LogP contribution in [0.5, 0.6) is 0 Å². The Kier molecular flexibility index (Phi) is 5.26. The minimum absolute atomic E-state index is 0. The SMILES string of the molecule is CN(CC1CCC1)C(=O)C1(N)CCCCC1.Cl. The summed E-state index contributed by atoms with van der Waals surface area (Å²) in [7, 11) is 1.92. The Bertz CT molecular complexity index is 260. The first-order valence-corrected chi connectivity index (χ1v) is 6.66. The summed E-state index contributed by atoms with van der Waals surface area (Å²) in [5, 5.41) is 0. The third-order valence-electron chi connectivity index (χ3n) is 4.28. The number of carbonyl (C=O) groups is 1. The van der Waals surface area contributed by atoms with Crippen LogP contribution in [-0.2, 0) is 4.79 Å². The molecule has 2 fully saturated rings. The van der Waals surface area contributed by atoms with E-state index in [-0.39, 0.29) is 18.3 Å². The van der Waals surface area contributed by atoms with Gasteiger partial charge in [0.2, 0.25) is 5.91 Å². The van der Waals surface area contributed by atoms with Crippen molar-refractivity contribution in [2.45, 2.75) is 56.9 Å². The van der Waals surface area contributed by atoms with Gasteiger partial charge in [-0.25, -0.2) is 0 Å². The molecule has 0 aromatic rings. The zero-order chi connectivity index (χ0) is 11.6. The fourth-order valence-corrected chi connectivity index (χ4v) is 2.92. The molecule has 0 aromatic heterocycles. The second-order valence-corrected chi connectivity index (χ2v) is 5.70. The summed E-state index contributed by atoms with van der Waals surface area (Å²) < 4.78 is 0. The number of nitrogens with two attached hydrogens (primary N) is 1. The van der Waals surface area contributed by atoms with Crippen LogP contribution >= 0.6 is 12.4 Å². The van der Waals surface area contributed by atoms with Crippen LogP contribution in [-0.4, -0.2) is 29.9 Å². The number of halogens is 1. The molecule has 0 atom stereocenters. The maximum absolute atomic E-state index is 12.3. The van der Waals surface area contributed by atoms with E-state index in [2.05, 4.69) is 0 Å². The Balaban J connectivity index is 0.00000144. The van der Waals surface area contributed by atoms with Gasteiger partial charge in [-0.2, -0.15) is 0 Å². The first-order chi connectivity index (χ1) is 7.62. The molecule has 2 rings (SSSR count). The molecule has 2 aliphatic carbocycles.